The van der Waals surface area contributed by atoms with Crippen LogP contribution in [0.4, 0.5) is 0 Å². The Morgan fingerprint density at radius 3 is 2.90 bits per heavy atom. The molecule has 1 atom stereocenters. The maximum atomic E-state index is 12.8. The van der Waals surface area contributed by atoms with Crippen molar-refractivity contribution in [2.75, 3.05) is 13.1 Å². The zero-order chi connectivity index (χ0) is 20.4. The molecule has 8 heteroatoms. The maximum Gasteiger partial charge on any atom is 0.256 e. The number of aromatic nitrogens is 3. The molecule has 0 bridgehead atoms. The lowest BCUT2D eigenvalue weighted by atomic mass is 9.99. The molecule has 4 heterocycles. The number of carbonyl (C=O) groups excluding carboxylic acids is 2. The first-order valence-corrected chi connectivity index (χ1v) is 10.2. The van der Waals surface area contributed by atoms with Crippen LogP contribution in [0.1, 0.15) is 66.1 Å². The number of fused-ring (bicyclic) bond motifs is 1. The van der Waals surface area contributed by atoms with Crippen LogP contribution >= 0.6 is 0 Å². The number of piperidine rings is 1. The third kappa shape index (κ3) is 3.79. The second-order valence-electron chi connectivity index (χ2n) is 7.55. The van der Waals surface area contributed by atoms with Crippen LogP contribution in [-0.2, 0) is 17.8 Å². The van der Waals surface area contributed by atoms with Crippen molar-refractivity contribution in [3.05, 3.63) is 57.5 Å². The molecule has 0 saturated carbocycles. The largest absolute Gasteiger partial charge is 0.334 e. The second-order valence-corrected chi connectivity index (χ2v) is 7.55. The van der Waals surface area contributed by atoms with E-state index in [4.69, 9.17) is 4.98 Å². The van der Waals surface area contributed by atoms with Gasteiger partial charge < -0.3 is 14.8 Å². The number of carbonyl (C=O) groups is 2. The van der Waals surface area contributed by atoms with Crippen LogP contribution in [0.3, 0.4) is 0 Å². The van der Waals surface area contributed by atoms with Crippen molar-refractivity contribution >= 4 is 11.8 Å². The van der Waals surface area contributed by atoms with Crippen LogP contribution in [0.5, 0.6) is 0 Å². The van der Waals surface area contributed by atoms with Crippen LogP contribution < -0.4 is 5.56 Å². The van der Waals surface area contributed by atoms with Crippen molar-refractivity contribution in [2.45, 2.75) is 51.6 Å². The molecular formula is C21H25N5O3. The Morgan fingerprint density at radius 1 is 1.28 bits per heavy atom. The highest BCUT2D eigenvalue weighted by Gasteiger charge is 2.31. The van der Waals surface area contributed by atoms with E-state index in [1.807, 2.05) is 11.8 Å². The molecule has 0 spiro atoms. The fraction of sp³-hybridized carbons (Fsp3) is 0.476. The van der Waals surface area contributed by atoms with Gasteiger partial charge in [-0.15, -0.1) is 0 Å². The SMILES string of the molecule is CCC(=O)N1CCCCC1c1nc2c(c(=O)[nH]1)CN(C(=O)c1cccnc1)CC2. The molecule has 152 valence electrons. The van der Waals surface area contributed by atoms with Gasteiger partial charge in [-0.1, -0.05) is 6.92 Å². The Morgan fingerprint density at radius 2 is 2.14 bits per heavy atom. The van der Waals surface area contributed by atoms with Crippen LogP contribution in [0, 0.1) is 0 Å². The number of likely N-dealkylation sites (tertiary alicyclic amines) is 1. The van der Waals surface area contributed by atoms with Crippen LogP contribution in [0.2, 0.25) is 0 Å². The van der Waals surface area contributed by atoms with Gasteiger partial charge in [-0.25, -0.2) is 4.98 Å². The topological polar surface area (TPSA) is 99.3 Å². The molecule has 29 heavy (non-hydrogen) atoms. The summed E-state index contributed by atoms with van der Waals surface area (Å²) < 4.78 is 0. The van der Waals surface area contributed by atoms with Crippen LogP contribution in [0.15, 0.2) is 29.3 Å². The number of nitrogens with zero attached hydrogens (tertiary/aromatic N) is 4. The highest BCUT2D eigenvalue weighted by Crippen LogP contribution is 2.29. The molecule has 0 aliphatic carbocycles. The van der Waals surface area contributed by atoms with Gasteiger partial charge in [0.05, 0.1) is 29.4 Å². The number of H-pyrrole nitrogens is 1. The number of hydrogen-bond acceptors (Lipinski definition) is 5. The van der Waals surface area contributed by atoms with Gasteiger partial charge in [-0.2, -0.15) is 0 Å². The van der Waals surface area contributed by atoms with E-state index in [-0.39, 0.29) is 30.0 Å². The third-order valence-corrected chi connectivity index (χ3v) is 5.72. The van der Waals surface area contributed by atoms with Gasteiger partial charge in [0.25, 0.3) is 11.5 Å². The fourth-order valence-corrected chi connectivity index (χ4v) is 4.16. The molecule has 1 saturated heterocycles. The summed E-state index contributed by atoms with van der Waals surface area (Å²) in [6, 6.07) is 3.27. The molecule has 2 aliphatic heterocycles. The normalized spacial score (nSPS) is 19.0. The Kier molecular flexibility index (Phi) is 5.42. The molecule has 2 aromatic heterocycles. The van der Waals surface area contributed by atoms with E-state index in [9.17, 15) is 14.4 Å². The number of nitrogens with one attached hydrogen (secondary N) is 1. The number of aromatic amines is 1. The predicted molar refractivity (Wildman–Crippen MR) is 106 cm³/mol. The highest BCUT2D eigenvalue weighted by atomic mass is 16.2. The molecule has 2 amide bonds. The molecular weight excluding hydrogens is 370 g/mol. The molecule has 4 rings (SSSR count). The monoisotopic (exact) mass is 395 g/mol. The van der Waals surface area contributed by atoms with Crippen molar-refractivity contribution < 1.29 is 9.59 Å². The van der Waals surface area contributed by atoms with Gasteiger partial charge in [0.2, 0.25) is 5.91 Å². The third-order valence-electron chi connectivity index (χ3n) is 5.72. The van der Waals surface area contributed by atoms with Crippen molar-refractivity contribution in [1.82, 2.24) is 24.8 Å². The minimum absolute atomic E-state index is 0.0864. The van der Waals surface area contributed by atoms with Crippen LogP contribution in [0.25, 0.3) is 0 Å². The maximum absolute atomic E-state index is 12.8. The first-order valence-electron chi connectivity index (χ1n) is 10.2. The Bertz CT molecular complexity index is 972. The average molecular weight is 395 g/mol. The van der Waals surface area contributed by atoms with E-state index in [0.717, 1.165) is 25.0 Å². The number of hydrogen-bond donors (Lipinski definition) is 1. The molecule has 8 nitrogen and oxygen atoms in total. The predicted octanol–water partition coefficient (Wildman–Crippen LogP) is 1.83. The Balaban J connectivity index is 1.59. The van der Waals surface area contributed by atoms with Gasteiger partial charge in [-0.3, -0.25) is 19.4 Å². The summed E-state index contributed by atoms with van der Waals surface area (Å²) in [5.41, 5.74) is 1.55. The molecule has 0 aromatic carbocycles. The molecule has 1 unspecified atom stereocenters. The molecule has 0 radical (unpaired) electrons. The van der Waals surface area contributed by atoms with E-state index in [1.165, 1.54) is 6.20 Å². The van der Waals surface area contributed by atoms with Gasteiger partial charge in [0.15, 0.2) is 0 Å². The summed E-state index contributed by atoms with van der Waals surface area (Å²) in [5, 5.41) is 0. The first-order chi connectivity index (χ1) is 14.1. The van der Waals surface area contributed by atoms with Gasteiger partial charge in [0, 0.05) is 38.3 Å². The number of amides is 2. The lowest BCUT2D eigenvalue weighted by Crippen LogP contribution is -2.42. The van der Waals surface area contributed by atoms with Crippen molar-refractivity contribution in [1.29, 1.82) is 0 Å². The highest BCUT2D eigenvalue weighted by molar-refractivity contribution is 5.94. The smallest absolute Gasteiger partial charge is 0.256 e. The first kappa shape index (κ1) is 19.3. The Hall–Kier alpha value is -3.03. The van der Waals surface area contributed by atoms with Crippen molar-refractivity contribution in [3.8, 4) is 0 Å². The minimum atomic E-state index is -0.219. The van der Waals surface area contributed by atoms with E-state index < -0.39 is 0 Å². The lowest BCUT2D eigenvalue weighted by Gasteiger charge is -2.35. The summed E-state index contributed by atoms with van der Waals surface area (Å²) in [6.07, 6.45) is 6.90. The van der Waals surface area contributed by atoms with Crippen molar-refractivity contribution in [3.63, 3.8) is 0 Å². The molecule has 2 aromatic rings. The fourth-order valence-electron chi connectivity index (χ4n) is 4.16. The van der Waals surface area contributed by atoms with E-state index in [0.29, 0.717) is 42.9 Å². The summed E-state index contributed by atoms with van der Waals surface area (Å²) in [5.74, 6) is 0.518. The summed E-state index contributed by atoms with van der Waals surface area (Å²) >= 11 is 0. The average Bonchev–Trinajstić information content (AvgIpc) is 2.78. The zero-order valence-corrected chi connectivity index (χ0v) is 16.6. The molecule has 2 aliphatic rings. The summed E-state index contributed by atoms with van der Waals surface area (Å²) in [7, 11) is 0. The standard InChI is InChI=1S/C21H25N5O3/c1-2-18(27)26-10-4-3-7-17(26)19-23-16-8-11-25(13-15(16)20(28)24-19)21(29)14-6-5-9-22-12-14/h5-6,9,12,17H,2-4,7-8,10-11,13H2,1H3,(H,23,24,28). The summed E-state index contributed by atoms with van der Waals surface area (Å²) in [4.78, 5) is 53.0. The van der Waals surface area contributed by atoms with Gasteiger partial charge >= 0.3 is 0 Å². The van der Waals surface area contributed by atoms with E-state index in [1.54, 1.807) is 23.2 Å². The summed E-state index contributed by atoms with van der Waals surface area (Å²) in [6.45, 7) is 3.28. The quantitative estimate of drug-likeness (QED) is 0.855. The Labute approximate surface area is 169 Å². The van der Waals surface area contributed by atoms with Gasteiger partial charge in [-0.05, 0) is 31.4 Å². The van der Waals surface area contributed by atoms with E-state index in [2.05, 4.69) is 9.97 Å². The van der Waals surface area contributed by atoms with Crippen LogP contribution in [-0.4, -0.2) is 49.7 Å². The number of rotatable bonds is 3. The zero-order valence-electron chi connectivity index (χ0n) is 16.6. The van der Waals surface area contributed by atoms with E-state index >= 15 is 0 Å². The molecule has 1 N–H and O–H groups in total. The second kappa shape index (κ2) is 8.14. The number of pyridine rings is 1. The molecule has 1 fully saturated rings. The lowest BCUT2D eigenvalue weighted by molar-refractivity contribution is -0.134. The minimum Gasteiger partial charge on any atom is -0.334 e. The van der Waals surface area contributed by atoms with Crippen molar-refractivity contribution in [2.24, 2.45) is 0 Å². The van der Waals surface area contributed by atoms with Gasteiger partial charge in [0.1, 0.15) is 5.82 Å².